The standard InChI is InChI=1S/C18H21FN2O4S/c1-12-4-7-17(13(2)10-12)26(23,24)20-9-8-18(22)21-15-6-5-14(19)11-16(15)25-3/h4-7,10-11,20H,8-9H2,1-3H3,(H,21,22). The molecule has 0 bridgehead atoms. The van der Waals surface area contributed by atoms with Gasteiger partial charge in [-0.05, 0) is 37.6 Å². The monoisotopic (exact) mass is 380 g/mol. The van der Waals surface area contributed by atoms with E-state index in [9.17, 15) is 17.6 Å². The molecule has 0 aromatic heterocycles. The Balaban J connectivity index is 1.95. The van der Waals surface area contributed by atoms with Crippen molar-refractivity contribution in [1.82, 2.24) is 4.72 Å². The van der Waals surface area contributed by atoms with Crippen LogP contribution in [0.25, 0.3) is 0 Å². The molecule has 2 N–H and O–H groups in total. The van der Waals surface area contributed by atoms with Gasteiger partial charge in [0.1, 0.15) is 11.6 Å². The minimum absolute atomic E-state index is 0.0645. The summed E-state index contributed by atoms with van der Waals surface area (Å²) in [6.45, 7) is 3.53. The van der Waals surface area contributed by atoms with Crippen molar-refractivity contribution < 1.29 is 22.3 Å². The fraction of sp³-hybridized carbons (Fsp3) is 0.278. The van der Waals surface area contributed by atoms with Crippen molar-refractivity contribution in [1.29, 1.82) is 0 Å². The molecule has 0 saturated heterocycles. The summed E-state index contributed by atoms with van der Waals surface area (Å²) in [5, 5.41) is 2.57. The van der Waals surface area contributed by atoms with Gasteiger partial charge in [-0.3, -0.25) is 4.79 Å². The number of ether oxygens (including phenoxy) is 1. The molecular weight excluding hydrogens is 359 g/mol. The number of hydrogen-bond donors (Lipinski definition) is 2. The zero-order valence-electron chi connectivity index (χ0n) is 14.8. The molecule has 26 heavy (non-hydrogen) atoms. The molecule has 1 amide bonds. The van der Waals surface area contributed by atoms with E-state index in [0.717, 1.165) is 11.6 Å². The molecule has 0 aliphatic carbocycles. The fourth-order valence-electron chi connectivity index (χ4n) is 2.46. The average Bonchev–Trinajstić information content (AvgIpc) is 2.55. The van der Waals surface area contributed by atoms with Crippen molar-refractivity contribution in [2.75, 3.05) is 19.0 Å². The third-order valence-corrected chi connectivity index (χ3v) is 5.32. The van der Waals surface area contributed by atoms with Crippen LogP contribution in [0, 0.1) is 19.7 Å². The molecule has 0 unspecified atom stereocenters. The molecule has 8 heteroatoms. The molecule has 2 aromatic carbocycles. The summed E-state index contributed by atoms with van der Waals surface area (Å²) in [4.78, 5) is 12.2. The first-order valence-electron chi connectivity index (χ1n) is 7.93. The summed E-state index contributed by atoms with van der Waals surface area (Å²) in [5.74, 6) is -0.714. The molecule has 0 atom stereocenters. The second-order valence-corrected chi connectivity index (χ2v) is 7.54. The van der Waals surface area contributed by atoms with Gasteiger partial charge < -0.3 is 10.1 Å². The maximum atomic E-state index is 13.2. The van der Waals surface area contributed by atoms with Crippen LogP contribution in [-0.4, -0.2) is 28.0 Å². The Morgan fingerprint density at radius 2 is 1.88 bits per heavy atom. The number of hydrogen-bond acceptors (Lipinski definition) is 4. The number of methoxy groups -OCH3 is 1. The summed E-state index contributed by atoms with van der Waals surface area (Å²) in [7, 11) is -2.34. The van der Waals surface area contributed by atoms with E-state index in [2.05, 4.69) is 10.0 Å². The topological polar surface area (TPSA) is 84.5 Å². The number of carbonyl (C=O) groups is 1. The van der Waals surface area contributed by atoms with Crippen LogP contribution >= 0.6 is 0 Å². The molecule has 0 spiro atoms. The molecule has 0 radical (unpaired) electrons. The molecule has 2 rings (SSSR count). The number of sulfonamides is 1. The predicted molar refractivity (Wildman–Crippen MR) is 97.3 cm³/mol. The van der Waals surface area contributed by atoms with E-state index in [1.54, 1.807) is 19.1 Å². The Kier molecular flexibility index (Phi) is 6.33. The first kappa shape index (κ1) is 19.9. The highest BCUT2D eigenvalue weighted by atomic mass is 32.2. The van der Waals surface area contributed by atoms with Crippen molar-refractivity contribution in [2.24, 2.45) is 0 Å². The van der Waals surface area contributed by atoms with E-state index in [0.29, 0.717) is 11.3 Å². The molecule has 0 fully saturated rings. The predicted octanol–water partition coefficient (Wildman–Crippen LogP) is 2.76. The van der Waals surface area contributed by atoms with Crippen LogP contribution in [0.15, 0.2) is 41.3 Å². The van der Waals surface area contributed by atoms with E-state index in [-0.39, 0.29) is 23.6 Å². The van der Waals surface area contributed by atoms with Crippen molar-refractivity contribution >= 4 is 21.6 Å². The highest BCUT2D eigenvalue weighted by Crippen LogP contribution is 2.25. The Morgan fingerprint density at radius 1 is 1.15 bits per heavy atom. The Labute approximate surface area is 152 Å². The molecule has 0 aliphatic rings. The minimum Gasteiger partial charge on any atom is -0.494 e. The average molecular weight is 380 g/mol. The summed E-state index contributed by atoms with van der Waals surface area (Å²) in [6, 6.07) is 8.76. The van der Waals surface area contributed by atoms with Gasteiger partial charge in [0.15, 0.2) is 0 Å². The summed E-state index contributed by atoms with van der Waals surface area (Å²) >= 11 is 0. The van der Waals surface area contributed by atoms with Gasteiger partial charge in [0.25, 0.3) is 0 Å². The first-order chi connectivity index (χ1) is 12.2. The van der Waals surface area contributed by atoms with Gasteiger partial charge in [-0.15, -0.1) is 0 Å². The summed E-state index contributed by atoms with van der Waals surface area (Å²) in [5.41, 5.74) is 1.92. The normalized spacial score (nSPS) is 11.2. The van der Waals surface area contributed by atoms with Crippen molar-refractivity contribution in [2.45, 2.75) is 25.2 Å². The highest BCUT2D eigenvalue weighted by Gasteiger charge is 2.17. The largest absolute Gasteiger partial charge is 0.494 e. The van der Waals surface area contributed by atoms with Crippen LogP contribution in [0.3, 0.4) is 0 Å². The molecule has 0 heterocycles. The Bertz CT molecular complexity index is 913. The third kappa shape index (κ3) is 5.03. The number of carbonyl (C=O) groups excluding carboxylic acids is 1. The zero-order valence-corrected chi connectivity index (χ0v) is 15.6. The van der Waals surface area contributed by atoms with E-state index in [1.807, 2.05) is 6.92 Å². The lowest BCUT2D eigenvalue weighted by Gasteiger charge is -2.11. The maximum Gasteiger partial charge on any atom is 0.240 e. The van der Waals surface area contributed by atoms with Gasteiger partial charge in [0.05, 0.1) is 17.7 Å². The van der Waals surface area contributed by atoms with Gasteiger partial charge in [-0.1, -0.05) is 17.7 Å². The van der Waals surface area contributed by atoms with Crippen molar-refractivity contribution in [3.8, 4) is 5.75 Å². The second-order valence-electron chi connectivity index (χ2n) is 5.81. The van der Waals surface area contributed by atoms with E-state index >= 15 is 0 Å². The molecule has 140 valence electrons. The number of benzene rings is 2. The van der Waals surface area contributed by atoms with Gasteiger partial charge in [-0.2, -0.15) is 0 Å². The lowest BCUT2D eigenvalue weighted by atomic mass is 10.2. The second kappa shape index (κ2) is 8.29. The highest BCUT2D eigenvalue weighted by molar-refractivity contribution is 7.89. The molecule has 0 aliphatic heterocycles. The smallest absolute Gasteiger partial charge is 0.240 e. The van der Waals surface area contributed by atoms with Crippen LogP contribution in [0.1, 0.15) is 17.5 Å². The van der Waals surface area contributed by atoms with Crippen LogP contribution in [0.5, 0.6) is 5.75 Å². The Morgan fingerprint density at radius 3 is 2.54 bits per heavy atom. The quantitative estimate of drug-likeness (QED) is 0.774. The fourth-order valence-corrected chi connectivity index (χ4v) is 3.71. The van der Waals surface area contributed by atoms with Gasteiger partial charge in [0.2, 0.25) is 15.9 Å². The summed E-state index contributed by atoms with van der Waals surface area (Å²) in [6.07, 6.45) is -0.0787. The van der Waals surface area contributed by atoms with Crippen molar-refractivity contribution in [3.05, 3.63) is 53.3 Å². The van der Waals surface area contributed by atoms with E-state index in [1.165, 1.54) is 25.3 Å². The van der Waals surface area contributed by atoms with Crippen LogP contribution < -0.4 is 14.8 Å². The van der Waals surface area contributed by atoms with Crippen molar-refractivity contribution in [3.63, 3.8) is 0 Å². The van der Waals surface area contributed by atoms with Gasteiger partial charge >= 0.3 is 0 Å². The first-order valence-corrected chi connectivity index (χ1v) is 9.41. The van der Waals surface area contributed by atoms with E-state index in [4.69, 9.17) is 4.74 Å². The van der Waals surface area contributed by atoms with Crippen LogP contribution in [0.2, 0.25) is 0 Å². The van der Waals surface area contributed by atoms with Gasteiger partial charge in [0, 0.05) is 19.0 Å². The third-order valence-electron chi connectivity index (χ3n) is 3.70. The molecule has 2 aromatic rings. The lowest BCUT2D eigenvalue weighted by molar-refractivity contribution is -0.116. The number of rotatable bonds is 7. The van der Waals surface area contributed by atoms with Crippen LogP contribution in [-0.2, 0) is 14.8 Å². The molecule has 0 saturated carbocycles. The number of nitrogens with one attached hydrogen (secondary N) is 2. The maximum absolute atomic E-state index is 13.2. The Hall–Kier alpha value is -2.45. The number of anilines is 1. The number of amides is 1. The zero-order chi connectivity index (χ0) is 19.3. The summed E-state index contributed by atoms with van der Waals surface area (Å²) < 4.78 is 45.2. The number of aryl methyl sites for hydroxylation is 2. The molecule has 6 nitrogen and oxygen atoms in total. The lowest BCUT2D eigenvalue weighted by Crippen LogP contribution is -2.28. The van der Waals surface area contributed by atoms with E-state index < -0.39 is 21.7 Å². The number of halogens is 1. The minimum atomic E-state index is -3.70. The molecular formula is C18H21FN2O4S. The van der Waals surface area contributed by atoms with Gasteiger partial charge in [-0.25, -0.2) is 17.5 Å². The van der Waals surface area contributed by atoms with Crippen LogP contribution in [0.4, 0.5) is 10.1 Å². The SMILES string of the molecule is COc1cc(F)ccc1NC(=O)CCNS(=O)(=O)c1ccc(C)cc1C.